The van der Waals surface area contributed by atoms with Gasteiger partial charge in [-0.25, -0.2) is 0 Å². The highest BCUT2D eigenvalue weighted by molar-refractivity contribution is 6.30. The molecule has 134 valence electrons. The molecule has 2 bridgehead atoms. The number of nitrogens with one attached hydrogen (secondary N) is 1. The summed E-state index contributed by atoms with van der Waals surface area (Å²) in [5.74, 6) is 0.565. The zero-order valence-corrected chi connectivity index (χ0v) is 15.8. The first-order chi connectivity index (χ1) is 13.1. The van der Waals surface area contributed by atoms with Gasteiger partial charge in [-0.2, -0.15) is 0 Å². The Kier molecular flexibility index (Phi) is 3.84. The molecule has 27 heavy (non-hydrogen) atoms. The molecule has 6 rings (SSSR count). The van der Waals surface area contributed by atoms with Gasteiger partial charge in [0.05, 0.1) is 5.92 Å². The average Bonchev–Trinajstić information content (AvgIpc) is 2.68. The van der Waals surface area contributed by atoms with Crippen LogP contribution in [0.25, 0.3) is 0 Å². The molecule has 0 saturated heterocycles. The van der Waals surface area contributed by atoms with Crippen molar-refractivity contribution in [2.75, 3.05) is 5.32 Å². The standard InChI is InChI=1S/C24H20ClNO/c1-14-21-17-9-2-4-11-19(17)23(20-12-5-3-10-18(20)21)22(14)24(27)26-16-8-6-7-15(25)13-16/h2-14,21-23H,1H3,(H,26,27)/t14-,21?,22+,23?/m1/s1. The maximum Gasteiger partial charge on any atom is 0.228 e. The predicted octanol–water partition coefficient (Wildman–Crippen LogP) is 5.82. The van der Waals surface area contributed by atoms with Crippen LogP contribution in [0.2, 0.25) is 5.02 Å². The molecule has 3 aliphatic rings. The Morgan fingerprint density at radius 1 is 0.815 bits per heavy atom. The van der Waals surface area contributed by atoms with E-state index in [0.717, 1.165) is 5.69 Å². The van der Waals surface area contributed by atoms with E-state index >= 15 is 0 Å². The van der Waals surface area contributed by atoms with Crippen LogP contribution >= 0.6 is 11.6 Å². The molecular weight excluding hydrogens is 354 g/mol. The lowest BCUT2D eigenvalue weighted by molar-refractivity contribution is -0.122. The van der Waals surface area contributed by atoms with E-state index in [1.165, 1.54) is 22.3 Å². The van der Waals surface area contributed by atoms with E-state index in [9.17, 15) is 4.79 Å². The van der Waals surface area contributed by atoms with Crippen molar-refractivity contribution in [2.45, 2.75) is 18.8 Å². The summed E-state index contributed by atoms with van der Waals surface area (Å²) in [6, 6.07) is 24.6. The minimum atomic E-state index is -0.0984. The highest BCUT2D eigenvalue weighted by Crippen LogP contribution is 2.58. The zero-order chi connectivity index (χ0) is 18.5. The van der Waals surface area contributed by atoms with Gasteiger partial charge in [0.2, 0.25) is 5.91 Å². The molecule has 2 nitrogen and oxygen atoms in total. The molecule has 3 heteroatoms. The van der Waals surface area contributed by atoms with Crippen LogP contribution in [-0.2, 0) is 4.79 Å². The molecule has 3 aromatic rings. The van der Waals surface area contributed by atoms with E-state index in [0.29, 0.717) is 5.02 Å². The van der Waals surface area contributed by atoms with Gasteiger partial charge in [0.15, 0.2) is 0 Å². The number of hydrogen-bond donors (Lipinski definition) is 1. The third-order valence-corrected chi connectivity index (χ3v) is 6.41. The molecule has 0 fully saturated rings. The van der Waals surface area contributed by atoms with Crippen LogP contribution in [0.5, 0.6) is 0 Å². The smallest absolute Gasteiger partial charge is 0.228 e. The fraction of sp³-hybridized carbons (Fsp3) is 0.208. The van der Waals surface area contributed by atoms with Crippen LogP contribution in [0.1, 0.15) is 41.0 Å². The molecule has 0 aliphatic heterocycles. The summed E-state index contributed by atoms with van der Waals surface area (Å²) in [6.07, 6.45) is 0. The van der Waals surface area contributed by atoms with Crippen LogP contribution in [0, 0.1) is 11.8 Å². The molecule has 3 aromatic carbocycles. The normalized spacial score (nSPS) is 24.8. The molecule has 3 aliphatic carbocycles. The summed E-state index contributed by atoms with van der Waals surface area (Å²) in [4.78, 5) is 13.3. The van der Waals surface area contributed by atoms with Crippen LogP contribution < -0.4 is 5.32 Å². The lowest BCUT2D eigenvalue weighted by Crippen LogP contribution is -2.44. The average molecular weight is 374 g/mol. The minimum Gasteiger partial charge on any atom is -0.326 e. The number of halogens is 1. The Hall–Kier alpha value is -2.58. The molecule has 0 aromatic heterocycles. The molecule has 0 unspecified atom stereocenters. The van der Waals surface area contributed by atoms with Crippen molar-refractivity contribution in [1.82, 2.24) is 0 Å². The molecule has 0 radical (unpaired) electrons. The Morgan fingerprint density at radius 3 is 1.93 bits per heavy atom. The topological polar surface area (TPSA) is 29.1 Å². The van der Waals surface area contributed by atoms with Crippen LogP contribution in [0.15, 0.2) is 72.8 Å². The van der Waals surface area contributed by atoms with Gasteiger partial charge in [0.1, 0.15) is 0 Å². The number of carbonyl (C=O) groups excluding carboxylic acids is 1. The van der Waals surface area contributed by atoms with Gasteiger partial charge >= 0.3 is 0 Å². The Bertz CT molecular complexity index is 996. The van der Waals surface area contributed by atoms with Crippen molar-refractivity contribution < 1.29 is 4.79 Å². The number of rotatable bonds is 2. The Labute approximate surface area is 164 Å². The maximum atomic E-state index is 13.3. The van der Waals surface area contributed by atoms with E-state index in [4.69, 9.17) is 11.6 Å². The van der Waals surface area contributed by atoms with Gasteiger partial charge in [0, 0.05) is 22.5 Å². The second-order valence-electron chi connectivity index (χ2n) is 7.60. The lowest BCUT2D eigenvalue weighted by atomic mass is 9.54. The number of amides is 1. The quantitative estimate of drug-likeness (QED) is 0.602. The second-order valence-corrected chi connectivity index (χ2v) is 8.03. The largest absolute Gasteiger partial charge is 0.326 e. The van der Waals surface area contributed by atoms with Gasteiger partial charge in [-0.15, -0.1) is 0 Å². The van der Waals surface area contributed by atoms with Gasteiger partial charge in [-0.05, 0) is 46.4 Å². The lowest BCUT2D eigenvalue weighted by Gasteiger charge is -2.49. The van der Waals surface area contributed by atoms with E-state index in [-0.39, 0.29) is 29.6 Å². The summed E-state index contributed by atoms with van der Waals surface area (Å²) in [7, 11) is 0. The fourth-order valence-corrected chi connectivity index (χ4v) is 5.33. The van der Waals surface area contributed by atoms with Crippen molar-refractivity contribution in [3.8, 4) is 0 Å². The summed E-state index contributed by atoms with van der Waals surface area (Å²) in [5.41, 5.74) is 6.10. The van der Waals surface area contributed by atoms with E-state index in [2.05, 4.69) is 60.8 Å². The van der Waals surface area contributed by atoms with E-state index in [1.807, 2.05) is 18.2 Å². The molecule has 1 amide bonds. The first kappa shape index (κ1) is 16.6. The number of benzene rings is 3. The molecule has 2 atom stereocenters. The second kappa shape index (κ2) is 6.24. The molecule has 0 heterocycles. The van der Waals surface area contributed by atoms with Crippen molar-refractivity contribution in [3.05, 3.63) is 100 Å². The van der Waals surface area contributed by atoms with Gasteiger partial charge < -0.3 is 5.32 Å². The maximum absolute atomic E-state index is 13.3. The highest BCUT2D eigenvalue weighted by Gasteiger charge is 2.50. The summed E-state index contributed by atoms with van der Waals surface area (Å²) >= 11 is 6.09. The predicted molar refractivity (Wildman–Crippen MR) is 109 cm³/mol. The monoisotopic (exact) mass is 373 g/mol. The number of hydrogen-bond acceptors (Lipinski definition) is 1. The molecule has 1 N–H and O–H groups in total. The number of carbonyl (C=O) groups is 1. The molecule has 0 spiro atoms. The summed E-state index contributed by atoms with van der Waals surface area (Å²) in [5, 5.41) is 3.73. The van der Waals surface area contributed by atoms with Crippen LogP contribution in [-0.4, -0.2) is 5.91 Å². The molecular formula is C24H20ClNO. The van der Waals surface area contributed by atoms with E-state index < -0.39 is 0 Å². The third-order valence-electron chi connectivity index (χ3n) is 6.18. The van der Waals surface area contributed by atoms with Gasteiger partial charge in [-0.1, -0.05) is 73.1 Å². The summed E-state index contributed by atoms with van der Waals surface area (Å²) < 4.78 is 0. The van der Waals surface area contributed by atoms with Crippen molar-refractivity contribution in [1.29, 1.82) is 0 Å². The summed E-state index contributed by atoms with van der Waals surface area (Å²) in [6.45, 7) is 2.21. The number of fused-ring (bicyclic) bond motifs is 1. The number of anilines is 1. The first-order valence-corrected chi connectivity index (χ1v) is 9.77. The Balaban J connectivity index is 1.60. The van der Waals surface area contributed by atoms with E-state index in [1.54, 1.807) is 6.07 Å². The SMILES string of the molecule is C[C@@H]1C2c3ccccc3C(c3ccccc32)[C@H]1C(=O)Nc1cccc(Cl)c1. The van der Waals surface area contributed by atoms with Gasteiger partial charge in [-0.3, -0.25) is 4.79 Å². The highest BCUT2D eigenvalue weighted by atomic mass is 35.5. The van der Waals surface area contributed by atoms with Crippen LogP contribution in [0.4, 0.5) is 5.69 Å². The third kappa shape index (κ3) is 2.51. The minimum absolute atomic E-state index is 0.0729. The van der Waals surface area contributed by atoms with Crippen molar-refractivity contribution in [2.24, 2.45) is 11.8 Å². The Morgan fingerprint density at radius 2 is 1.37 bits per heavy atom. The van der Waals surface area contributed by atoms with Crippen molar-refractivity contribution >= 4 is 23.2 Å². The fourth-order valence-electron chi connectivity index (χ4n) is 5.14. The zero-order valence-electron chi connectivity index (χ0n) is 15.0. The van der Waals surface area contributed by atoms with Crippen molar-refractivity contribution in [3.63, 3.8) is 0 Å². The van der Waals surface area contributed by atoms with Gasteiger partial charge in [0.25, 0.3) is 0 Å². The van der Waals surface area contributed by atoms with Crippen LogP contribution in [0.3, 0.4) is 0 Å². The first-order valence-electron chi connectivity index (χ1n) is 9.39. The molecule has 0 saturated carbocycles.